The Morgan fingerprint density at radius 3 is 2.56 bits per heavy atom. The third-order valence-corrected chi connectivity index (χ3v) is 3.37. The van der Waals surface area contributed by atoms with Crippen LogP contribution in [0.15, 0.2) is 18.2 Å². The molecule has 1 heterocycles. The Labute approximate surface area is 110 Å². The highest BCUT2D eigenvalue weighted by Gasteiger charge is 2.17. The second kappa shape index (κ2) is 6.10. The SMILES string of the molecule is CC(C)Oc1cccc(N2CCCCC2)c1CN. The topological polar surface area (TPSA) is 38.5 Å². The van der Waals surface area contributed by atoms with Gasteiger partial charge >= 0.3 is 0 Å². The van der Waals surface area contributed by atoms with Crippen LogP contribution in [0, 0.1) is 0 Å². The summed E-state index contributed by atoms with van der Waals surface area (Å²) < 4.78 is 5.86. The molecule has 0 aromatic heterocycles. The van der Waals surface area contributed by atoms with Crippen molar-refractivity contribution >= 4 is 5.69 Å². The van der Waals surface area contributed by atoms with Gasteiger partial charge in [-0.25, -0.2) is 0 Å². The molecule has 0 radical (unpaired) electrons. The molecular formula is C15H24N2O. The predicted molar refractivity (Wildman–Crippen MR) is 76.2 cm³/mol. The summed E-state index contributed by atoms with van der Waals surface area (Å²) in [7, 11) is 0. The summed E-state index contributed by atoms with van der Waals surface area (Å²) in [5.74, 6) is 0.940. The molecule has 1 fully saturated rings. The van der Waals surface area contributed by atoms with Crippen LogP contribution in [0.5, 0.6) is 5.75 Å². The summed E-state index contributed by atoms with van der Waals surface area (Å²) in [6.45, 7) is 6.91. The van der Waals surface area contributed by atoms with Crippen LogP contribution in [0.1, 0.15) is 38.7 Å². The third-order valence-electron chi connectivity index (χ3n) is 3.37. The lowest BCUT2D eigenvalue weighted by Gasteiger charge is -2.31. The first kappa shape index (κ1) is 13.2. The van der Waals surface area contributed by atoms with Crippen molar-refractivity contribution in [2.75, 3.05) is 18.0 Å². The maximum absolute atomic E-state index is 5.93. The first-order valence-electron chi connectivity index (χ1n) is 6.96. The molecule has 2 N–H and O–H groups in total. The molecule has 0 aliphatic carbocycles. The van der Waals surface area contributed by atoms with E-state index in [-0.39, 0.29) is 6.10 Å². The molecule has 0 bridgehead atoms. The number of anilines is 1. The number of hydrogen-bond acceptors (Lipinski definition) is 3. The zero-order valence-corrected chi connectivity index (χ0v) is 11.5. The Kier molecular flexibility index (Phi) is 4.48. The van der Waals surface area contributed by atoms with E-state index in [1.54, 1.807) is 0 Å². The van der Waals surface area contributed by atoms with Gasteiger partial charge in [-0.2, -0.15) is 0 Å². The van der Waals surface area contributed by atoms with Crippen LogP contribution < -0.4 is 15.4 Å². The van der Waals surface area contributed by atoms with Crippen molar-refractivity contribution in [1.82, 2.24) is 0 Å². The monoisotopic (exact) mass is 248 g/mol. The fourth-order valence-electron chi connectivity index (χ4n) is 2.55. The minimum atomic E-state index is 0.187. The van der Waals surface area contributed by atoms with Gasteiger partial charge in [0.1, 0.15) is 5.75 Å². The van der Waals surface area contributed by atoms with E-state index < -0.39 is 0 Å². The normalized spacial score (nSPS) is 16.1. The van der Waals surface area contributed by atoms with E-state index in [1.807, 2.05) is 19.9 Å². The summed E-state index contributed by atoms with van der Waals surface area (Å²) in [5.41, 5.74) is 8.33. The second-order valence-electron chi connectivity index (χ2n) is 5.17. The summed E-state index contributed by atoms with van der Waals surface area (Å²) >= 11 is 0. The Morgan fingerprint density at radius 2 is 1.94 bits per heavy atom. The first-order valence-corrected chi connectivity index (χ1v) is 6.96. The molecule has 1 aromatic carbocycles. The Hall–Kier alpha value is -1.22. The van der Waals surface area contributed by atoms with Crippen molar-refractivity contribution in [1.29, 1.82) is 0 Å². The summed E-state index contributed by atoms with van der Waals surface area (Å²) in [6.07, 6.45) is 4.08. The highest BCUT2D eigenvalue weighted by Crippen LogP contribution is 2.31. The van der Waals surface area contributed by atoms with E-state index in [4.69, 9.17) is 10.5 Å². The van der Waals surface area contributed by atoms with Crippen LogP contribution in [0.3, 0.4) is 0 Å². The molecule has 2 rings (SSSR count). The fourth-order valence-corrected chi connectivity index (χ4v) is 2.55. The minimum absolute atomic E-state index is 0.187. The summed E-state index contributed by atoms with van der Waals surface area (Å²) in [5, 5.41) is 0. The average molecular weight is 248 g/mol. The molecule has 100 valence electrons. The molecule has 3 heteroatoms. The Bertz CT molecular complexity index is 384. The van der Waals surface area contributed by atoms with E-state index in [0.29, 0.717) is 6.54 Å². The number of nitrogens with zero attached hydrogens (tertiary/aromatic N) is 1. The molecule has 0 amide bonds. The zero-order chi connectivity index (χ0) is 13.0. The lowest BCUT2D eigenvalue weighted by atomic mass is 10.1. The van der Waals surface area contributed by atoms with E-state index >= 15 is 0 Å². The van der Waals surface area contributed by atoms with Crippen molar-refractivity contribution in [2.45, 2.75) is 45.8 Å². The van der Waals surface area contributed by atoms with E-state index in [0.717, 1.165) is 24.4 Å². The lowest BCUT2D eigenvalue weighted by molar-refractivity contribution is 0.240. The highest BCUT2D eigenvalue weighted by atomic mass is 16.5. The smallest absolute Gasteiger partial charge is 0.126 e. The van der Waals surface area contributed by atoms with Crippen molar-refractivity contribution in [2.24, 2.45) is 5.73 Å². The quantitative estimate of drug-likeness (QED) is 0.890. The van der Waals surface area contributed by atoms with Crippen molar-refractivity contribution in [3.05, 3.63) is 23.8 Å². The van der Waals surface area contributed by atoms with Gasteiger partial charge in [0.25, 0.3) is 0 Å². The fraction of sp³-hybridized carbons (Fsp3) is 0.600. The number of benzene rings is 1. The van der Waals surface area contributed by atoms with Gasteiger partial charge in [0.15, 0.2) is 0 Å². The number of rotatable bonds is 4. The van der Waals surface area contributed by atoms with Crippen LogP contribution in [0.4, 0.5) is 5.69 Å². The average Bonchev–Trinajstić information content (AvgIpc) is 2.39. The number of piperidine rings is 1. The number of hydrogen-bond donors (Lipinski definition) is 1. The van der Waals surface area contributed by atoms with Gasteiger partial charge in [-0.1, -0.05) is 6.07 Å². The van der Waals surface area contributed by atoms with Gasteiger partial charge in [0.05, 0.1) is 6.10 Å². The van der Waals surface area contributed by atoms with E-state index in [9.17, 15) is 0 Å². The van der Waals surface area contributed by atoms with Gasteiger partial charge in [-0.05, 0) is 45.2 Å². The van der Waals surface area contributed by atoms with Gasteiger partial charge < -0.3 is 15.4 Å². The standard InChI is InChI=1S/C15H24N2O/c1-12(2)18-15-8-6-7-14(13(15)11-16)17-9-4-3-5-10-17/h6-8,12H,3-5,9-11,16H2,1-2H3. The van der Waals surface area contributed by atoms with Gasteiger partial charge in [-0.3, -0.25) is 0 Å². The van der Waals surface area contributed by atoms with Crippen LogP contribution in [0.25, 0.3) is 0 Å². The predicted octanol–water partition coefficient (Wildman–Crippen LogP) is 2.92. The van der Waals surface area contributed by atoms with Crippen molar-refractivity contribution in [3.8, 4) is 5.75 Å². The second-order valence-corrected chi connectivity index (χ2v) is 5.17. The Balaban J connectivity index is 2.28. The first-order chi connectivity index (χ1) is 8.72. The van der Waals surface area contributed by atoms with Crippen LogP contribution in [0.2, 0.25) is 0 Å². The largest absolute Gasteiger partial charge is 0.491 e. The van der Waals surface area contributed by atoms with E-state index in [2.05, 4.69) is 17.0 Å². The van der Waals surface area contributed by atoms with Crippen molar-refractivity contribution in [3.63, 3.8) is 0 Å². The van der Waals surface area contributed by atoms with Crippen LogP contribution >= 0.6 is 0 Å². The summed E-state index contributed by atoms with van der Waals surface area (Å²) in [4.78, 5) is 2.44. The Morgan fingerprint density at radius 1 is 1.22 bits per heavy atom. The van der Waals surface area contributed by atoms with Crippen LogP contribution in [-0.2, 0) is 6.54 Å². The third kappa shape index (κ3) is 2.96. The molecule has 1 saturated heterocycles. The molecule has 0 unspecified atom stereocenters. The number of nitrogens with two attached hydrogens (primary N) is 1. The molecule has 0 atom stereocenters. The van der Waals surface area contributed by atoms with Gasteiger partial charge in [0, 0.05) is 30.9 Å². The summed E-state index contributed by atoms with van der Waals surface area (Å²) in [6, 6.07) is 6.26. The number of ether oxygens (including phenoxy) is 1. The minimum Gasteiger partial charge on any atom is -0.491 e. The molecular weight excluding hydrogens is 224 g/mol. The molecule has 1 aliphatic heterocycles. The molecule has 0 spiro atoms. The van der Waals surface area contributed by atoms with Gasteiger partial charge in [0.2, 0.25) is 0 Å². The molecule has 1 aromatic rings. The lowest BCUT2D eigenvalue weighted by Crippen LogP contribution is -2.30. The maximum atomic E-state index is 5.93. The molecule has 1 aliphatic rings. The molecule has 0 saturated carbocycles. The highest BCUT2D eigenvalue weighted by molar-refractivity contribution is 5.59. The zero-order valence-electron chi connectivity index (χ0n) is 11.5. The molecule has 3 nitrogen and oxygen atoms in total. The van der Waals surface area contributed by atoms with Crippen LogP contribution in [-0.4, -0.2) is 19.2 Å². The van der Waals surface area contributed by atoms with Crippen molar-refractivity contribution < 1.29 is 4.74 Å². The maximum Gasteiger partial charge on any atom is 0.126 e. The molecule has 18 heavy (non-hydrogen) atoms. The van der Waals surface area contributed by atoms with Gasteiger partial charge in [-0.15, -0.1) is 0 Å². The van der Waals surface area contributed by atoms with E-state index in [1.165, 1.54) is 24.9 Å².